The highest BCUT2D eigenvalue weighted by Gasteiger charge is 2.25. The van der Waals surface area contributed by atoms with E-state index in [1.165, 1.54) is 5.56 Å². The molecular formula is C19H22N2O3. The Kier molecular flexibility index (Phi) is 5.11. The van der Waals surface area contributed by atoms with Gasteiger partial charge in [-0.3, -0.25) is 14.7 Å². The van der Waals surface area contributed by atoms with Gasteiger partial charge in [0.1, 0.15) is 11.5 Å². The summed E-state index contributed by atoms with van der Waals surface area (Å²) < 4.78 is 5.85. The minimum atomic E-state index is -0.684. The van der Waals surface area contributed by atoms with Gasteiger partial charge >= 0.3 is 5.97 Å². The molecule has 0 spiro atoms. The molecule has 1 saturated heterocycles. The monoisotopic (exact) mass is 326 g/mol. The normalized spacial score (nSPS) is 18.3. The molecule has 0 bridgehead atoms. The lowest BCUT2D eigenvalue weighted by Crippen LogP contribution is -2.38. The van der Waals surface area contributed by atoms with Crippen LogP contribution in [0.2, 0.25) is 0 Å². The zero-order chi connectivity index (χ0) is 16.9. The van der Waals surface area contributed by atoms with Crippen molar-refractivity contribution in [3.8, 4) is 11.5 Å². The Morgan fingerprint density at radius 3 is 3.00 bits per heavy atom. The first-order valence-corrected chi connectivity index (χ1v) is 8.24. The minimum absolute atomic E-state index is 0.243. The van der Waals surface area contributed by atoms with Crippen molar-refractivity contribution >= 4 is 5.97 Å². The highest BCUT2D eigenvalue weighted by atomic mass is 16.5. The average molecular weight is 326 g/mol. The first kappa shape index (κ1) is 16.5. The molecule has 0 aliphatic carbocycles. The maximum atomic E-state index is 11.2. The molecule has 126 valence electrons. The van der Waals surface area contributed by atoms with E-state index in [0.29, 0.717) is 12.3 Å². The van der Waals surface area contributed by atoms with Crippen molar-refractivity contribution in [1.82, 2.24) is 9.88 Å². The predicted octanol–water partition coefficient (Wildman–Crippen LogP) is 3.48. The Labute approximate surface area is 141 Å². The van der Waals surface area contributed by atoms with Gasteiger partial charge in [-0.05, 0) is 55.6 Å². The molecule has 1 aromatic heterocycles. The van der Waals surface area contributed by atoms with Gasteiger partial charge in [0.15, 0.2) is 0 Å². The van der Waals surface area contributed by atoms with E-state index in [-0.39, 0.29) is 5.92 Å². The van der Waals surface area contributed by atoms with Crippen LogP contribution in [0, 0.1) is 12.8 Å². The first-order chi connectivity index (χ1) is 11.6. The number of hydrogen-bond acceptors (Lipinski definition) is 4. The molecule has 2 heterocycles. The Morgan fingerprint density at radius 2 is 2.29 bits per heavy atom. The van der Waals surface area contributed by atoms with E-state index in [1.54, 1.807) is 12.4 Å². The topological polar surface area (TPSA) is 62.7 Å². The number of aliphatic carboxylic acids is 1. The summed E-state index contributed by atoms with van der Waals surface area (Å²) in [5, 5.41) is 9.19. The first-order valence-electron chi connectivity index (χ1n) is 8.24. The van der Waals surface area contributed by atoms with Crippen molar-refractivity contribution in [2.45, 2.75) is 26.3 Å². The van der Waals surface area contributed by atoms with Gasteiger partial charge < -0.3 is 9.84 Å². The van der Waals surface area contributed by atoms with Gasteiger partial charge in [-0.2, -0.15) is 0 Å². The number of likely N-dealkylation sites (tertiary alicyclic amines) is 1. The fourth-order valence-electron chi connectivity index (χ4n) is 3.12. The summed E-state index contributed by atoms with van der Waals surface area (Å²) in [5.41, 5.74) is 2.24. The quantitative estimate of drug-likeness (QED) is 0.911. The predicted molar refractivity (Wildman–Crippen MR) is 91.1 cm³/mol. The molecule has 5 nitrogen and oxygen atoms in total. The molecular weight excluding hydrogens is 304 g/mol. The molecule has 1 aliphatic heterocycles. The smallest absolute Gasteiger partial charge is 0.307 e. The standard InChI is InChI=1S/C19H22N2O3/c1-14-10-15(12-21-9-3-4-16(13-21)19(22)23)6-7-18(14)24-17-5-2-8-20-11-17/h2,5-8,10-11,16H,3-4,9,12-13H2,1H3,(H,22,23). The number of benzene rings is 1. The van der Waals surface area contributed by atoms with Gasteiger partial charge in [-0.25, -0.2) is 0 Å². The summed E-state index contributed by atoms with van der Waals surface area (Å²) in [6, 6.07) is 9.84. The zero-order valence-corrected chi connectivity index (χ0v) is 13.8. The molecule has 1 N–H and O–H groups in total. The van der Waals surface area contributed by atoms with E-state index in [4.69, 9.17) is 4.74 Å². The Hall–Kier alpha value is -2.40. The number of nitrogens with zero attached hydrogens (tertiary/aromatic N) is 2. The van der Waals surface area contributed by atoms with Gasteiger partial charge in [-0.15, -0.1) is 0 Å². The summed E-state index contributed by atoms with van der Waals surface area (Å²) in [6.07, 6.45) is 5.12. The lowest BCUT2D eigenvalue weighted by molar-refractivity contribution is -0.143. The van der Waals surface area contributed by atoms with Gasteiger partial charge in [0.05, 0.1) is 12.1 Å². The molecule has 0 saturated carbocycles. The number of aryl methyl sites for hydroxylation is 1. The van der Waals surface area contributed by atoms with Crippen LogP contribution in [0.5, 0.6) is 11.5 Å². The molecule has 3 rings (SSSR count). The molecule has 1 aliphatic rings. The second-order valence-electron chi connectivity index (χ2n) is 6.30. The van der Waals surface area contributed by atoms with Crippen LogP contribution in [0.1, 0.15) is 24.0 Å². The number of piperidine rings is 1. The fourth-order valence-corrected chi connectivity index (χ4v) is 3.12. The molecule has 1 atom stereocenters. The molecule has 1 unspecified atom stereocenters. The van der Waals surface area contributed by atoms with E-state index in [2.05, 4.69) is 16.0 Å². The fraction of sp³-hybridized carbons (Fsp3) is 0.368. The average Bonchev–Trinajstić information content (AvgIpc) is 2.58. The SMILES string of the molecule is Cc1cc(CN2CCCC(C(=O)O)C2)ccc1Oc1cccnc1. The summed E-state index contributed by atoms with van der Waals surface area (Å²) in [4.78, 5) is 17.4. The Bertz CT molecular complexity index is 703. The van der Waals surface area contributed by atoms with Crippen molar-refractivity contribution in [3.05, 3.63) is 53.9 Å². The third-order valence-corrected chi connectivity index (χ3v) is 4.36. The number of carboxylic acid groups (broad SMARTS) is 1. The van der Waals surface area contributed by atoms with Gasteiger partial charge in [-0.1, -0.05) is 12.1 Å². The van der Waals surface area contributed by atoms with Gasteiger partial charge in [0, 0.05) is 19.3 Å². The molecule has 2 aromatic rings. The lowest BCUT2D eigenvalue weighted by atomic mass is 9.97. The maximum Gasteiger partial charge on any atom is 0.307 e. The molecule has 0 radical (unpaired) electrons. The van der Waals surface area contributed by atoms with E-state index in [9.17, 15) is 9.90 Å². The van der Waals surface area contributed by atoms with Gasteiger partial charge in [0.25, 0.3) is 0 Å². The molecule has 24 heavy (non-hydrogen) atoms. The van der Waals surface area contributed by atoms with E-state index in [0.717, 1.165) is 37.2 Å². The Morgan fingerprint density at radius 1 is 1.42 bits per heavy atom. The van der Waals surface area contributed by atoms with E-state index >= 15 is 0 Å². The van der Waals surface area contributed by atoms with Gasteiger partial charge in [0.2, 0.25) is 0 Å². The van der Waals surface area contributed by atoms with Crippen molar-refractivity contribution < 1.29 is 14.6 Å². The number of hydrogen-bond donors (Lipinski definition) is 1. The van der Waals surface area contributed by atoms with Crippen LogP contribution in [0.4, 0.5) is 0 Å². The second-order valence-corrected chi connectivity index (χ2v) is 6.30. The number of rotatable bonds is 5. The van der Waals surface area contributed by atoms with Crippen LogP contribution in [0.3, 0.4) is 0 Å². The highest BCUT2D eigenvalue weighted by molar-refractivity contribution is 5.70. The minimum Gasteiger partial charge on any atom is -0.481 e. The molecule has 0 amide bonds. The van der Waals surface area contributed by atoms with Crippen LogP contribution in [0.15, 0.2) is 42.7 Å². The largest absolute Gasteiger partial charge is 0.481 e. The van der Waals surface area contributed by atoms with Crippen molar-refractivity contribution in [1.29, 1.82) is 0 Å². The zero-order valence-electron chi connectivity index (χ0n) is 13.8. The summed E-state index contributed by atoms with van der Waals surface area (Å²) in [6.45, 7) is 4.38. The summed E-state index contributed by atoms with van der Waals surface area (Å²) >= 11 is 0. The van der Waals surface area contributed by atoms with Crippen molar-refractivity contribution in [2.75, 3.05) is 13.1 Å². The molecule has 1 fully saturated rings. The van der Waals surface area contributed by atoms with Crippen molar-refractivity contribution in [3.63, 3.8) is 0 Å². The summed E-state index contributed by atoms with van der Waals surface area (Å²) in [7, 11) is 0. The number of carbonyl (C=O) groups is 1. The van der Waals surface area contributed by atoms with Crippen LogP contribution < -0.4 is 4.74 Å². The van der Waals surface area contributed by atoms with Crippen LogP contribution >= 0.6 is 0 Å². The third kappa shape index (κ3) is 4.11. The number of ether oxygens (including phenoxy) is 1. The maximum absolute atomic E-state index is 11.2. The Balaban J connectivity index is 1.65. The number of carboxylic acids is 1. The number of aromatic nitrogens is 1. The van der Waals surface area contributed by atoms with E-state index in [1.807, 2.05) is 31.2 Å². The molecule has 5 heteroatoms. The molecule has 1 aromatic carbocycles. The highest BCUT2D eigenvalue weighted by Crippen LogP contribution is 2.26. The van der Waals surface area contributed by atoms with Crippen LogP contribution in [0.25, 0.3) is 0 Å². The van der Waals surface area contributed by atoms with Crippen LogP contribution in [-0.2, 0) is 11.3 Å². The summed E-state index contributed by atoms with van der Waals surface area (Å²) in [5.74, 6) is 0.603. The lowest BCUT2D eigenvalue weighted by Gasteiger charge is -2.30. The third-order valence-electron chi connectivity index (χ3n) is 4.36. The van der Waals surface area contributed by atoms with Crippen molar-refractivity contribution in [2.24, 2.45) is 5.92 Å². The second kappa shape index (κ2) is 7.45. The van der Waals surface area contributed by atoms with E-state index < -0.39 is 5.97 Å². The number of pyridine rings is 1. The van der Waals surface area contributed by atoms with Crippen LogP contribution in [-0.4, -0.2) is 34.0 Å².